The van der Waals surface area contributed by atoms with Gasteiger partial charge in [0.25, 0.3) is 0 Å². The van der Waals surface area contributed by atoms with Crippen LogP contribution in [0, 0.1) is 29.6 Å². The molecule has 7 heteroatoms. The summed E-state index contributed by atoms with van der Waals surface area (Å²) in [5.74, 6) is 1.22. The molecule has 0 aliphatic carbocycles. The monoisotopic (exact) mass is 846 g/mol. The average molecular weight is 847 g/mol. The number of ether oxygens (including phenoxy) is 2. The lowest BCUT2D eigenvalue weighted by Crippen LogP contribution is -2.54. The van der Waals surface area contributed by atoms with Crippen LogP contribution in [-0.4, -0.2) is 48.8 Å². The lowest BCUT2D eigenvalue weighted by molar-refractivity contribution is -0.122. The second-order valence-electron chi connectivity index (χ2n) is 17.4. The molecule has 0 spiro atoms. The van der Waals surface area contributed by atoms with Crippen molar-refractivity contribution in [3.8, 4) is 0 Å². The van der Waals surface area contributed by atoms with Gasteiger partial charge in [-0.25, -0.2) is 0 Å². The molecule has 0 fully saturated rings. The summed E-state index contributed by atoms with van der Waals surface area (Å²) in [7, 11) is -2.58. The van der Waals surface area contributed by atoms with Gasteiger partial charge in [-0.15, -0.1) is 0 Å². The maximum absolute atomic E-state index is 7.75. The zero-order valence-electron chi connectivity index (χ0n) is 36.2. The molecule has 0 bridgehead atoms. The Morgan fingerprint density at radius 1 is 0.620 bits per heavy atom. The Morgan fingerprint density at radius 2 is 1.04 bits per heavy atom. The molecule has 0 aliphatic heterocycles. The Bertz CT molecular complexity index is 990. The molecule has 0 aromatic rings. The van der Waals surface area contributed by atoms with E-state index in [1.165, 1.54) is 5.57 Å². The van der Waals surface area contributed by atoms with Crippen molar-refractivity contribution in [3.63, 3.8) is 0 Å². The van der Waals surface area contributed by atoms with Gasteiger partial charge >= 0.3 is 0 Å². The predicted octanol–water partition coefficient (Wildman–Crippen LogP) is 14.3. The van der Waals surface area contributed by atoms with Crippen molar-refractivity contribution in [2.24, 2.45) is 29.6 Å². The third-order valence-corrected chi connectivity index (χ3v) is 24.3. The molecule has 0 amide bonds. The molecule has 0 unspecified atom stereocenters. The van der Waals surface area contributed by atoms with Gasteiger partial charge in [-0.3, -0.25) is 0 Å². The summed E-state index contributed by atoms with van der Waals surface area (Å²) in [6, 6.07) is 0. The van der Waals surface area contributed by atoms with Crippen LogP contribution >= 0.6 is 22.6 Å². The van der Waals surface area contributed by atoms with Crippen LogP contribution in [-0.2, 0) is 18.3 Å². The Balaban J connectivity index is 7.06. The lowest BCUT2D eigenvalue weighted by atomic mass is 9.81. The minimum absolute atomic E-state index is 0.0322. The average Bonchev–Trinajstić information content (AvgIpc) is 2.99. The number of methoxy groups -OCH3 is 1. The van der Waals surface area contributed by atoms with E-state index in [2.05, 4.69) is 176 Å². The smallest absolute Gasteiger partial charge is 0.200 e. The van der Waals surface area contributed by atoms with Crippen LogP contribution in [0.25, 0.3) is 0 Å². The molecule has 50 heavy (non-hydrogen) atoms. The Labute approximate surface area is 328 Å². The van der Waals surface area contributed by atoms with Crippen LogP contribution in [0.5, 0.6) is 0 Å². The van der Waals surface area contributed by atoms with Crippen molar-refractivity contribution >= 4 is 39.2 Å². The molecular formula is C43H83IO4Si2. The third-order valence-electron chi connectivity index (χ3n) is 11.7. The van der Waals surface area contributed by atoms with Crippen LogP contribution in [0.15, 0.2) is 46.6 Å². The third kappa shape index (κ3) is 13.4. The summed E-state index contributed by atoms with van der Waals surface area (Å²) in [4.78, 5) is 0. The topological polar surface area (TPSA) is 36.9 Å². The fourth-order valence-corrected chi connectivity index (χ4v) is 21.8. The minimum Gasteiger partial charge on any atom is -0.412 e. The zero-order chi connectivity index (χ0) is 39.1. The second kappa shape index (κ2) is 23.7. The summed E-state index contributed by atoms with van der Waals surface area (Å²) in [5, 5.41) is 0. The largest absolute Gasteiger partial charge is 0.412 e. The van der Waals surface area contributed by atoms with Gasteiger partial charge in [0.2, 0.25) is 16.6 Å². The van der Waals surface area contributed by atoms with Crippen molar-refractivity contribution in [3.05, 3.63) is 46.6 Å². The van der Waals surface area contributed by atoms with Gasteiger partial charge in [-0.05, 0) is 62.5 Å². The SMILES string of the molecule is C=C/C=C\[C@H](C)[C@H](OCOC)[C@@H](C)[C@H](O[Si](C(C)C)(C(C)C)C(C)C)[C@@H](C)C/C(C)=C\[C@H](C)[C@@H](O[Si](C(C)C)(C(C)C)C(C)C)[C@@H](C)/C=C\I. The number of hydrogen-bond donors (Lipinski definition) is 0. The van der Waals surface area contributed by atoms with E-state index in [9.17, 15) is 0 Å². The zero-order valence-corrected chi connectivity index (χ0v) is 40.3. The van der Waals surface area contributed by atoms with Gasteiger partial charge in [0, 0.05) is 24.9 Å². The molecule has 4 nitrogen and oxygen atoms in total. The normalized spacial score (nSPS) is 19.0. The fourth-order valence-electron chi connectivity index (χ4n) is 9.66. The highest BCUT2D eigenvalue weighted by Crippen LogP contribution is 2.47. The highest BCUT2D eigenvalue weighted by atomic mass is 127. The van der Waals surface area contributed by atoms with E-state index in [1.807, 2.05) is 12.2 Å². The van der Waals surface area contributed by atoms with E-state index >= 15 is 0 Å². The molecule has 0 N–H and O–H groups in total. The van der Waals surface area contributed by atoms with Gasteiger partial charge in [-0.2, -0.15) is 0 Å². The minimum atomic E-state index is -2.20. The summed E-state index contributed by atoms with van der Waals surface area (Å²) in [6.07, 6.45) is 12.0. The second-order valence-corrected chi connectivity index (χ2v) is 28.9. The molecule has 0 aromatic heterocycles. The van der Waals surface area contributed by atoms with Crippen molar-refractivity contribution in [2.75, 3.05) is 13.9 Å². The number of hydrogen-bond acceptors (Lipinski definition) is 4. The Hall–Kier alpha value is -0.0362. The first-order chi connectivity index (χ1) is 23.1. The van der Waals surface area contributed by atoms with Crippen LogP contribution in [0.1, 0.15) is 131 Å². The molecule has 0 saturated carbocycles. The van der Waals surface area contributed by atoms with Gasteiger partial charge in [0.15, 0.2) is 0 Å². The summed E-state index contributed by atoms with van der Waals surface area (Å²) in [5.41, 5.74) is 4.53. The molecule has 0 heterocycles. The first-order valence-electron chi connectivity index (χ1n) is 19.8. The molecule has 0 rings (SSSR count). The lowest BCUT2D eigenvalue weighted by Gasteiger charge is -2.48. The van der Waals surface area contributed by atoms with Gasteiger partial charge in [0.1, 0.15) is 6.79 Å². The highest BCUT2D eigenvalue weighted by molar-refractivity contribution is 14.1. The summed E-state index contributed by atoms with van der Waals surface area (Å²) in [6.45, 7) is 46.9. The molecule has 0 aliphatic rings. The molecular weight excluding hydrogens is 764 g/mol. The fraction of sp³-hybridized carbons (Fsp3) is 0.814. The van der Waals surface area contributed by atoms with Gasteiger partial charge in [-0.1, -0.05) is 183 Å². The first kappa shape index (κ1) is 50.0. The van der Waals surface area contributed by atoms with E-state index in [1.54, 1.807) is 7.11 Å². The standard InChI is InChI=1S/C43H83IO4Si2/c1-21-22-23-36(15)42(46-28-45-20)40(19)43(48-50(32(8)9,33(10)11)34(12)13)39(18)27-35(14)26-38(17)41(37(16)24-25-44)47-49(29(2)3,30(4)5)31(6)7/h21-26,29-34,36-43H,1,27-28H2,2-20H3/b23-22-,25-24-,35-26-/t36-,37-,38-,39-,40+,41-,42-,43+/m0/s1. The van der Waals surface area contributed by atoms with Crippen LogP contribution in [0.4, 0.5) is 0 Å². The number of rotatable bonds is 25. The number of halogens is 1. The predicted molar refractivity (Wildman–Crippen MR) is 235 cm³/mol. The van der Waals surface area contributed by atoms with E-state index < -0.39 is 16.6 Å². The van der Waals surface area contributed by atoms with Crippen molar-refractivity contribution in [1.82, 2.24) is 0 Å². The van der Waals surface area contributed by atoms with Crippen molar-refractivity contribution in [2.45, 2.75) is 183 Å². The van der Waals surface area contributed by atoms with Crippen LogP contribution in [0.2, 0.25) is 33.2 Å². The maximum atomic E-state index is 7.75. The first-order valence-corrected chi connectivity index (χ1v) is 25.4. The molecule has 0 saturated heterocycles. The van der Waals surface area contributed by atoms with Crippen molar-refractivity contribution in [1.29, 1.82) is 0 Å². The quantitative estimate of drug-likeness (QED) is 0.0302. The summed E-state index contributed by atoms with van der Waals surface area (Å²) < 4.78 is 29.4. The summed E-state index contributed by atoms with van der Waals surface area (Å²) >= 11 is 2.36. The number of allylic oxidation sites excluding steroid dienone is 3. The van der Waals surface area contributed by atoms with Crippen molar-refractivity contribution < 1.29 is 18.3 Å². The highest BCUT2D eigenvalue weighted by Gasteiger charge is 2.50. The molecule has 0 aromatic carbocycles. The van der Waals surface area contributed by atoms with Gasteiger partial charge < -0.3 is 18.3 Å². The Morgan fingerprint density at radius 3 is 1.42 bits per heavy atom. The molecule has 0 radical (unpaired) electrons. The van der Waals surface area contributed by atoms with Crippen LogP contribution in [0.3, 0.4) is 0 Å². The van der Waals surface area contributed by atoms with E-state index in [0.29, 0.717) is 45.1 Å². The van der Waals surface area contributed by atoms with Crippen LogP contribution < -0.4 is 0 Å². The van der Waals surface area contributed by atoms with E-state index in [-0.39, 0.29) is 42.9 Å². The Kier molecular flexibility index (Phi) is 23.7. The van der Waals surface area contributed by atoms with E-state index in [0.717, 1.165) is 6.42 Å². The molecule has 8 atom stereocenters. The maximum Gasteiger partial charge on any atom is 0.200 e. The molecule has 294 valence electrons. The van der Waals surface area contributed by atoms with Gasteiger partial charge in [0.05, 0.1) is 18.3 Å². The van der Waals surface area contributed by atoms with E-state index in [4.69, 9.17) is 18.3 Å².